The number of rotatable bonds is 5. The molecule has 1 amide bonds. The Labute approximate surface area is 209 Å². The molecule has 1 aliphatic heterocycles. The molecule has 0 aromatic rings. The first kappa shape index (κ1) is 24.8. The van der Waals surface area contributed by atoms with Crippen LogP contribution in [-0.4, -0.2) is 61.5 Å². The maximum Gasteiger partial charge on any atom is 0.239 e. The average Bonchev–Trinajstić information content (AvgIpc) is 3.29. The molecule has 9 atom stereocenters. The van der Waals surface area contributed by atoms with Gasteiger partial charge in [-0.05, 0) is 119 Å². The number of nitrogens with zero attached hydrogens (tertiary/aromatic N) is 2. The van der Waals surface area contributed by atoms with Gasteiger partial charge in [0, 0.05) is 25.7 Å². The number of hydrogen-bond donors (Lipinski definition) is 1. The Balaban J connectivity index is 1.32. The highest BCUT2D eigenvalue weighted by Crippen LogP contribution is 2.68. The summed E-state index contributed by atoms with van der Waals surface area (Å²) < 4.78 is 0. The highest BCUT2D eigenvalue weighted by Gasteiger charge is 2.64. The summed E-state index contributed by atoms with van der Waals surface area (Å²) in [6.45, 7) is 10.9. The maximum atomic E-state index is 13.3. The molecular formula is C30H51N3O. The van der Waals surface area contributed by atoms with E-state index in [1.807, 2.05) is 7.05 Å². The number of fused-ring (bicyclic) bond motifs is 4. The molecule has 1 heterocycles. The SMILES string of the molecule is CN[C@H](CC(C)C)C(=O)N(C)[C@H]1CC[C@@]2(C)C(=CC[C@H]3[C@@H]4CC[C@@H]5[C@H](C)N(C)C[C@@]54CC[C@@H]32)C1. The van der Waals surface area contributed by atoms with Crippen molar-refractivity contribution in [2.75, 3.05) is 27.7 Å². The van der Waals surface area contributed by atoms with Gasteiger partial charge in [-0.1, -0.05) is 32.4 Å². The van der Waals surface area contributed by atoms with E-state index >= 15 is 0 Å². The Morgan fingerprint density at radius 3 is 2.62 bits per heavy atom. The van der Waals surface area contributed by atoms with Crippen LogP contribution in [0.3, 0.4) is 0 Å². The molecule has 4 nitrogen and oxygen atoms in total. The van der Waals surface area contributed by atoms with Gasteiger partial charge < -0.3 is 15.1 Å². The van der Waals surface area contributed by atoms with Gasteiger partial charge in [0.15, 0.2) is 0 Å². The zero-order valence-corrected chi connectivity index (χ0v) is 23.1. The van der Waals surface area contributed by atoms with Crippen molar-refractivity contribution in [2.45, 2.75) is 104 Å². The van der Waals surface area contributed by atoms with Crippen LogP contribution in [0.15, 0.2) is 11.6 Å². The van der Waals surface area contributed by atoms with Crippen LogP contribution in [0.1, 0.15) is 85.5 Å². The van der Waals surface area contributed by atoms with Gasteiger partial charge in [0.2, 0.25) is 5.91 Å². The number of amides is 1. The van der Waals surface area contributed by atoms with Crippen molar-refractivity contribution < 1.29 is 4.79 Å². The molecule has 0 radical (unpaired) electrons. The summed E-state index contributed by atoms with van der Waals surface area (Å²) in [6, 6.07) is 1.08. The average molecular weight is 470 g/mol. The molecule has 192 valence electrons. The molecule has 34 heavy (non-hydrogen) atoms. The van der Waals surface area contributed by atoms with Crippen LogP contribution >= 0.6 is 0 Å². The van der Waals surface area contributed by atoms with Crippen molar-refractivity contribution in [3.63, 3.8) is 0 Å². The number of hydrogen-bond acceptors (Lipinski definition) is 3. The second kappa shape index (κ2) is 8.91. The van der Waals surface area contributed by atoms with Crippen molar-refractivity contribution in [1.29, 1.82) is 0 Å². The Bertz CT molecular complexity index is 822. The lowest BCUT2D eigenvalue weighted by Gasteiger charge is -2.58. The molecule has 4 aliphatic carbocycles. The van der Waals surface area contributed by atoms with E-state index in [1.54, 1.807) is 5.57 Å². The van der Waals surface area contributed by atoms with Crippen LogP contribution in [-0.2, 0) is 4.79 Å². The van der Waals surface area contributed by atoms with E-state index in [0.29, 0.717) is 22.8 Å². The van der Waals surface area contributed by atoms with Gasteiger partial charge in [-0.15, -0.1) is 0 Å². The van der Waals surface area contributed by atoms with Gasteiger partial charge >= 0.3 is 0 Å². The molecule has 1 saturated heterocycles. The van der Waals surface area contributed by atoms with Gasteiger partial charge in [-0.3, -0.25) is 4.79 Å². The molecule has 0 bridgehead atoms. The quantitative estimate of drug-likeness (QED) is 0.552. The molecular weight excluding hydrogens is 418 g/mol. The third-order valence-electron chi connectivity index (χ3n) is 11.9. The van der Waals surface area contributed by atoms with E-state index in [2.05, 4.69) is 63.0 Å². The summed E-state index contributed by atoms with van der Waals surface area (Å²) in [5.74, 6) is 4.43. The highest BCUT2D eigenvalue weighted by atomic mass is 16.2. The molecule has 0 aromatic heterocycles. The second-order valence-electron chi connectivity index (χ2n) is 13.7. The molecule has 0 aromatic carbocycles. The van der Waals surface area contributed by atoms with Crippen molar-refractivity contribution >= 4 is 5.91 Å². The Morgan fingerprint density at radius 1 is 1.18 bits per heavy atom. The summed E-state index contributed by atoms with van der Waals surface area (Å²) in [6.07, 6.45) is 14.2. The van der Waals surface area contributed by atoms with Crippen LogP contribution in [0, 0.1) is 40.4 Å². The number of nitrogens with one attached hydrogen (secondary N) is 1. The topological polar surface area (TPSA) is 35.6 Å². The normalized spacial score (nSPS) is 44.6. The van der Waals surface area contributed by atoms with Crippen molar-refractivity contribution in [1.82, 2.24) is 15.1 Å². The molecule has 5 rings (SSSR count). The van der Waals surface area contributed by atoms with Crippen molar-refractivity contribution in [3.8, 4) is 0 Å². The Morgan fingerprint density at radius 2 is 1.91 bits per heavy atom. The van der Waals surface area contributed by atoms with Crippen LogP contribution in [0.5, 0.6) is 0 Å². The van der Waals surface area contributed by atoms with E-state index in [0.717, 1.165) is 49.0 Å². The summed E-state index contributed by atoms with van der Waals surface area (Å²) in [4.78, 5) is 18.1. The first-order valence-corrected chi connectivity index (χ1v) is 14.5. The lowest BCUT2D eigenvalue weighted by molar-refractivity contribution is -0.135. The minimum atomic E-state index is -0.0557. The van der Waals surface area contributed by atoms with Crippen LogP contribution in [0.25, 0.3) is 0 Å². The number of likely N-dealkylation sites (tertiary alicyclic amines) is 1. The molecule has 1 spiro atoms. The molecule has 5 aliphatic rings. The lowest BCUT2D eigenvalue weighted by Crippen LogP contribution is -2.54. The molecule has 1 N–H and O–H groups in total. The predicted octanol–water partition coefficient (Wildman–Crippen LogP) is 5.34. The smallest absolute Gasteiger partial charge is 0.239 e. The van der Waals surface area contributed by atoms with E-state index in [9.17, 15) is 4.79 Å². The first-order valence-electron chi connectivity index (χ1n) is 14.5. The summed E-state index contributed by atoms with van der Waals surface area (Å²) in [5.41, 5.74) is 2.66. The van der Waals surface area contributed by atoms with Crippen LogP contribution < -0.4 is 5.32 Å². The fraction of sp³-hybridized carbons (Fsp3) is 0.900. The number of carbonyl (C=O) groups excluding carboxylic acids is 1. The summed E-state index contributed by atoms with van der Waals surface area (Å²) >= 11 is 0. The molecule has 4 heteroatoms. The molecule has 4 fully saturated rings. The second-order valence-corrected chi connectivity index (χ2v) is 13.7. The zero-order chi connectivity index (χ0) is 24.4. The summed E-state index contributed by atoms with van der Waals surface area (Å²) in [5, 5.41) is 3.29. The number of likely N-dealkylation sites (N-methyl/N-ethyl adjacent to an activating group) is 2. The van der Waals surface area contributed by atoms with Gasteiger partial charge in [-0.2, -0.15) is 0 Å². The molecule has 3 saturated carbocycles. The minimum Gasteiger partial charge on any atom is -0.341 e. The molecule has 0 unspecified atom stereocenters. The van der Waals surface area contributed by atoms with Gasteiger partial charge in [0.1, 0.15) is 0 Å². The van der Waals surface area contributed by atoms with E-state index < -0.39 is 0 Å². The van der Waals surface area contributed by atoms with Crippen molar-refractivity contribution in [3.05, 3.63) is 11.6 Å². The van der Waals surface area contributed by atoms with Gasteiger partial charge in [-0.25, -0.2) is 0 Å². The van der Waals surface area contributed by atoms with E-state index in [4.69, 9.17) is 0 Å². The van der Waals surface area contributed by atoms with Crippen LogP contribution in [0.2, 0.25) is 0 Å². The number of allylic oxidation sites excluding steroid dienone is 1. The largest absolute Gasteiger partial charge is 0.341 e. The number of carbonyl (C=O) groups is 1. The van der Waals surface area contributed by atoms with Gasteiger partial charge in [0.25, 0.3) is 0 Å². The first-order chi connectivity index (χ1) is 16.1. The van der Waals surface area contributed by atoms with Gasteiger partial charge in [0.05, 0.1) is 6.04 Å². The lowest BCUT2D eigenvalue weighted by atomic mass is 9.47. The minimum absolute atomic E-state index is 0.0557. The Hall–Kier alpha value is -0.870. The monoisotopic (exact) mass is 469 g/mol. The predicted molar refractivity (Wildman–Crippen MR) is 140 cm³/mol. The third kappa shape index (κ3) is 3.64. The third-order valence-corrected chi connectivity index (χ3v) is 11.9. The Kier molecular flexibility index (Phi) is 6.50. The van der Waals surface area contributed by atoms with Crippen LogP contribution in [0.4, 0.5) is 0 Å². The fourth-order valence-electron chi connectivity index (χ4n) is 10.0. The standard InChI is InChI=1S/C30H51N3O/c1-19(2)16-27(31-5)28(34)33(7)22-12-14-29(4)21(17-22)8-9-23-25(29)13-15-30-18-32(6)20(3)24(30)10-11-26(23)30/h8,19-20,22-27,31H,9-18H2,1-7H3/t20-,22-,23+,24+,25-,26-,27+,29-,30-/m0/s1. The van der Waals surface area contributed by atoms with E-state index in [1.165, 1.54) is 45.1 Å². The van der Waals surface area contributed by atoms with E-state index in [-0.39, 0.29) is 11.9 Å². The fourth-order valence-corrected chi connectivity index (χ4v) is 10.0. The summed E-state index contributed by atoms with van der Waals surface area (Å²) in [7, 11) is 6.38. The van der Waals surface area contributed by atoms with Crippen molar-refractivity contribution in [2.24, 2.45) is 40.4 Å². The maximum absolute atomic E-state index is 13.3. The highest BCUT2D eigenvalue weighted by molar-refractivity contribution is 5.82. The zero-order valence-electron chi connectivity index (χ0n) is 23.1.